The molecule has 0 atom stereocenters. The van der Waals surface area contributed by atoms with Gasteiger partial charge in [-0.1, -0.05) is 29.5 Å². The Morgan fingerprint density at radius 1 is 1.06 bits per heavy atom. The second kappa shape index (κ2) is 9.65. The molecule has 2 heterocycles. The van der Waals surface area contributed by atoms with Crippen molar-refractivity contribution >= 4 is 43.6 Å². The van der Waals surface area contributed by atoms with Crippen LogP contribution in [0.1, 0.15) is 0 Å². The summed E-state index contributed by atoms with van der Waals surface area (Å²) in [4.78, 5) is 30.9. The molecule has 0 spiro atoms. The fraction of sp³-hybridized carbons (Fsp3) is 0.238. The molecular formula is C21H21N5O5S2. The molecule has 10 nitrogen and oxygen atoms in total. The maximum atomic E-state index is 12.8. The first-order valence-electron chi connectivity index (χ1n) is 10.1. The minimum atomic E-state index is -3.89. The zero-order chi connectivity index (χ0) is 23.4. The second-order valence-electron chi connectivity index (χ2n) is 7.39. The van der Waals surface area contributed by atoms with Crippen LogP contribution in [-0.4, -0.2) is 61.9 Å². The zero-order valence-corrected chi connectivity index (χ0v) is 19.1. The highest BCUT2D eigenvalue weighted by atomic mass is 32.2. The quantitative estimate of drug-likeness (QED) is 0.398. The van der Waals surface area contributed by atoms with Crippen molar-refractivity contribution in [3.63, 3.8) is 0 Å². The van der Waals surface area contributed by atoms with Crippen LogP contribution in [0.25, 0.3) is 0 Å². The van der Waals surface area contributed by atoms with Gasteiger partial charge in [-0.15, -0.1) is 0 Å². The van der Waals surface area contributed by atoms with Gasteiger partial charge in [0.05, 0.1) is 22.6 Å². The molecule has 2 aromatic carbocycles. The van der Waals surface area contributed by atoms with Crippen molar-refractivity contribution in [3.05, 3.63) is 70.9 Å². The monoisotopic (exact) mass is 487 g/mol. The number of amides is 1. The van der Waals surface area contributed by atoms with Gasteiger partial charge >= 0.3 is 0 Å². The Bertz CT molecular complexity index is 1240. The van der Waals surface area contributed by atoms with E-state index in [0.717, 1.165) is 55.3 Å². The summed E-state index contributed by atoms with van der Waals surface area (Å²) in [5, 5.41) is 13.6. The molecule has 4 rings (SSSR count). The van der Waals surface area contributed by atoms with E-state index in [9.17, 15) is 23.3 Å². The number of benzene rings is 2. The first-order chi connectivity index (χ1) is 15.8. The van der Waals surface area contributed by atoms with Crippen molar-refractivity contribution in [2.75, 3.05) is 42.9 Å². The molecular weight excluding hydrogens is 466 g/mol. The number of non-ortho nitro benzene ring substituents is 1. The van der Waals surface area contributed by atoms with E-state index in [1.807, 2.05) is 23.1 Å². The van der Waals surface area contributed by atoms with Gasteiger partial charge in [-0.25, -0.2) is 13.4 Å². The highest BCUT2D eigenvalue weighted by Gasteiger charge is 2.23. The molecule has 1 N–H and O–H groups in total. The minimum absolute atomic E-state index is 0.0527. The molecule has 1 fully saturated rings. The van der Waals surface area contributed by atoms with Gasteiger partial charge in [-0.05, 0) is 24.3 Å². The summed E-state index contributed by atoms with van der Waals surface area (Å²) in [6.07, 6.45) is 1.18. The van der Waals surface area contributed by atoms with Crippen molar-refractivity contribution in [1.82, 2.24) is 9.88 Å². The van der Waals surface area contributed by atoms with Crippen LogP contribution in [0.3, 0.4) is 0 Å². The van der Waals surface area contributed by atoms with E-state index in [4.69, 9.17) is 0 Å². The van der Waals surface area contributed by atoms with E-state index >= 15 is 0 Å². The predicted molar refractivity (Wildman–Crippen MR) is 124 cm³/mol. The molecule has 33 heavy (non-hydrogen) atoms. The number of aromatic nitrogens is 1. The minimum Gasteiger partial charge on any atom is -0.369 e. The SMILES string of the molecule is O=C(CN1CCN(c2ccccc2)CC1)Nc1ncc(S(=O)(=O)c2ccc([N+](=O)[O-])cc2)s1. The van der Waals surface area contributed by atoms with Crippen LogP contribution in [0, 0.1) is 10.1 Å². The molecule has 0 radical (unpaired) electrons. The van der Waals surface area contributed by atoms with E-state index in [-0.39, 0.29) is 32.4 Å². The maximum Gasteiger partial charge on any atom is 0.269 e. The van der Waals surface area contributed by atoms with Crippen molar-refractivity contribution in [2.45, 2.75) is 9.10 Å². The van der Waals surface area contributed by atoms with E-state index < -0.39 is 14.8 Å². The first kappa shape index (κ1) is 22.8. The normalized spacial score (nSPS) is 14.7. The van der Waals surface area contributed by atoms with Crippen LogP contribution < -0.4 is 10.2 Å². The number of nitrogens with zero attached hydrogens (tertiary/aromatic N) is 4. The summed E-state index contributed by atoms with van der Waals surface area (Å²) in [5.41, 5.74) is 0.960. The summed E-state index contributed by atoms with van der Waals surface area (Å²) in [7, 11) is -3.89. The molecule has 1 aliphatic rings. The Labute approximate surface area is 194 Å². The molecule has 1 aromatic heterocycles. The number of para-hydroxylation sites is 1. The summed E-state index contributed by atoms with van der Waals surface area (Å²) < 4.78 is 25.5. The van der Waals surface area contributed by atoms with Gasteiger partial charge in [0.15, 0.2) is 5.13 Å². The number of hydrogen-bond acceptors (Lipinski definition) is 9. The lowest BCUT2D eigenvalue weighted by Crippen LogP contribution is -2.48. The van der Waals surface area contributed by atoms with Crippen molar-refractivity contribution in [1.29, 1.82) is 0 Å². The lowest BCUT2D eigenvalue weighted by molar-refractivity contribution is -0.384. The van der Waals surface area contributed by atoms with Crippen LogP contribution in [0.2, 0.25) is 0 Å². The second-order valence-corrected chi connectivity index (χ2v) is 10.6. The molecule has 3 aromatic rings. The highest BCUT2D eigenvalue weighted by molar-refractivity contribution is 7.93. The molecule has 0 unspecified atom stereocenters. The van der Waals surface area contributed by atoms with Gasteiger partial charge in [0.2, 0.25) is 15.7 Å². The van der Waals surface area contributed by atoms with E-state index in [2.05, 4.69) is 27.3 Å². The number of nitro benzene ring substituents is 1. The fourth-order valence-corrected chi connectivity index (χ4v) is 5.92. The average molecular weight is 488 g/mol. The number of sulfone groups is 1. The van der Waals surface area contributed by atoms with Gasteiger partial charge in [0.25, 0.3) is 5.69 Å². The Morgan fingerprint density at radius 2 is 1.73 bits per heavy atom. The molecule has 0 bridgehead atoms. The smallest absolute Gasteiger partial charge is 0.269 e. The molecule has 172 valence electrons. The topological polar surface area (TPSA) is 126 Å². The Balaban J connectivity index is 1.33. The summed E-state index contributed by atoms with van der Waals surface area (Å²) in [6, 6.07) is 14.7. The van der Waals surface area contributed by atoms with Gasteiger partial charge in [0.1, 0.15) is 4.21 Å². The third-order valence-electron chi connectivity index (χ3n) is 5.21. The molecule has 1 aliphatic heterocycles. The number of hydrogen-bond donors (Lipinski definition) is 1. The summed E-state index contributed by atoms with van der Waals surface area (Å²) >= 11 is 0.842. The van der Waals surface area contributed by atoms with Crippen LogP contribution in [0.15, 0.2) is 69.9 Å². The van der Waals surface area contributed by atoms with Gasteiger partial charge in [0, 0.05) is 44.0 Å². The van der Waals surface area contributed by atoms with Gasteiger partial charge in [-0.3, -0.25) is 19.8 Å². The molecule has 1 amide bonds. The lowest BCUT2D eigenvalue weighted by Gasteiger charge is -2.35. The lowest BCUT2D eigenvalue weighted by atomic mass is 10.2. The molecule has 0 aliphatic carbocycles. The third-order valence-corrected chi connectivity index (χ3v) is 8.36. The number of carbonyl (C=O) groups is 1. The van der Waals surface area contributed by atoms with E-state index in [0.29, 0.717) is 0 Å². The Hall–Kier alpha value is -3.35. The molecule has 1 saturated heterocycles. The number of piperazine rings is 1. The van der Waals surface area contributed by atoms with Gasteiger partial charge < -0.3 is 10.2 Å². The third kappa shape index (κ3) is 5.35. The maximum absolute atomic E-state index is 12.8. The standard InChI is InChI=1S/C21H21N5O5S2/c27-19(15-24-10-12-25(13-11-24)16-4-2-1-3-5-16)23-21-22-14-20(32-21)33(30,31)18-8-6-17(7-9-18)26(28)29/h1-9,14H,10-13,15H2,(H,22,23,27). The van der Waals surface area contributed by atoms with Crippen LogP contribution in [0.5, 0.6) is 0 Å². The van der Waals surface area contributed by atoms with Crippen molar-refractivity contribution in [2.24, 2.45) is 0 Å². The van der Waals surface area contributed by atoms with Crippen molar-refractivity contribution in [3.8, 4) is 0 Å². The van der Waals surface area contributed by atoms with Crippen LogP contribution in [-0.2, 0) is 14.6 Å². The predicted octanol–water partition coefficient (Wildman–Crippen LogP) is 2.64. The van der Waals surface area contributed by atoms with Gasteiger partial charge in [-0.2, -0.15) is 0 Å². The first-order valence-corrected chi connectivity index (χ1v) is 12.4. The number of carbonyl (C=O) groups excluding carboxylic acids is 1. The Morgan fingerprint density at radius 3 is 2.36 bits per heavy atom. The van der Waals surface area contributed by atoms with Crippen molar-refractivity contribution < 1.29 is 18.1 Å². The molecule has 0 saturated carbocycles. The molecule has 12 heteroatoms. The van der Waals surface area contributed by atoms with E-state index in [1.165, 1.54) is 18.3 Å². The van der Waals surface area contributed by atoms with E-state index in [1.54, 1.807) is 0 Å². The Kier molecular flexibility index (Phi) is 6.67. The number of nitrogens with one attached hydrogen (secondary N) is 1. The van der Waals surface area contributed by atoms with Crippen LogP contribution in [0.4, 0.5) is 16.5 Å². The fourth-order valence-electron chi connectivity index (χ4n) is 3.47. The zero-order valence-electron chi connectivity index (χ0n) is 17.5. The summed E-state index contributed by atoms with van der Waals surface area (Å²) in [6.45, 7) is 3.28. The number of rotatable bonds is 7. The number of nitro groups is 1. The highest BCUT2D eigenvalue weighted by Crippen LogP contribution is 2.29. The number of anilines is 2. The van der Waals surface area contributed by atoms with Crippen LogP contribution >= 0.6 is 11.3 Å². The average Bonchev–Trinajstić information content (AvgIpc) is 3.29. The number of thiazole rings is 1. The largest absolute Gasteiger partial charge is 0.369 e. The summed E-state index contributed by atoms with van der Waals surface area (Å²) in [5.74, 6) is -0.267.